The number of carbonyl (C=O) groups excluding carboxylic acids is 2. The molecule has 2 amide bonds. The summed E-state index contributed by atoms with van der Waals surface area (Å²) in [6.07, 6.45) is 0. The van der Waals surface area contributed by atoms with Crippen LogP contribution in [0, 0.1) is 12.7 Å². The first-order valence-electron chi connectivity index (χ1n) is 8.92. The monoisotopic (exact) mass is 420 g/mol. The maximum absolute atomic E-state index is 12.9. The quantitative estimate of drug-likeness (QED) is 0.673. The van der Waals surface area contributed by atoms with Gasteiger partial charge in [0.25, 0.3) is 0 Å². The predicted octanol–water partition coefficient (Wildman–Crippen LogP) is 3.48. The van der Waals surface area contributed by atoms with Crippen LogP contribution in [0.2, 0.25) is 0 Å². The second-order valence-electron chi connectivity index (χ2n) is 6.43. The van der Waals surface area contributed by atoms with Gasteiger partial charge in [0, 0.05) is 18.5 Å². The van der Waals surface area contributed by atoms with Crippen LogP contribution in [0.25, 0.3) is 0 Å². The summed E-state index contributed by atoms with van der Waals surface area (Å²) in [7, 11) is 4.75. The number of amides is 2. The van der Waals surface area contributed by atoms with Gasteiger partial charge in [-0.05, 0) is 54.4 Å². The van der Waals surface area contributed by atoms with E-state index < -0.39 is 0 Å². The normalized spacial score (nSPS) is 10.4. The van der Waals surface area contributed by atoms with Gasteiger partial charge in [-0.1, -0.05) is 0 Å². The summed E-state index contributed by atoms with van der Waals surface area (Å²) >= 11 is 1.46. The van der Waals surface area contributed by atoms with Gasteiger partial charge in [-0.3, -0.25) is 9.59 Å². The summed E-state index contributed by atoms with van der Waals surface area (Å²) in [5.74, 6) is 1.32. The summed E-state index contributed by atoms with van der Waals surface area (Å²) in [5.41, 5.74) is 2.59. The average molecular weight is 421 g/mol. The fraction of sp³-hybridized carbons (Fsp3) is 0.333. The van der Waals surface area contributed by atoms with E-state index in [9.17, 15) is 14.0 Å². The van der Waals surface area contributed by atoms with E-state index in [2.05, 4.69) is 5.32 Å². The van der Waals surface area contributed by atoms with Gasteiger partial charge in [0.05, 0.1) is 26.5 Å². The average Bonchev–Trinajstić information content (AvgIpc) is 2.70. The van der Waals surface area contributed by atoms with E-state index in [1.165, 1.54) is 40.9 Å². The minimum absolute atomic E-state index is 0.0772. The van der Waals surface area contributed by atoms with E-state index in [-0.39, 0.29) is 29.9 Å². The zero-order valence-corrected chi connectivity index (χ0v) is 17.8. The number of nitrogens with one attached hydrogen (secondary N) is 1. The van der Waals surface area contributed by atoms with Gasteiger partial charge >= 0.3 is 0 Å². The van der Waals surface area contributed by atoms with Crippen molar-refractivity contribution in [1.29, 1.82) is 0 Å². The first kappa shape index (κ1) is 22.5. The minimum atomic E-state index is -0.378. The van der Waals surface area contributed by atoms with Crippen LogP contribution in [0.4, 0.5) is 10.1 Å². The number of hydrogen-bond acceptors (Lipinski definition) is 5. The molecule has 0 fully saturated rings. The number of ether oxygens (including phenoxy) is 2. The molecule has 0 heterocycles. The SMILES string of the molecule is COc1cc(C)c(CSCC(=O)N(C)CC(=O)Nc2ccc(F)cc2)cc1OC. The van der Waals surface area contributed by atoms with Gasteiger partial charge in [-0.15, -0.1) is 11.8 Å². The maximum atomic E-state index is 12.9. The fourth-order valence-corrected chi connectivity index (χ4v) is 3.60. The molecule has 0 aliphatic rings. The van der Waals surface area contributed by atoms with Crippen molar-refractivity contribution in [2.45, 2.75) is 12.7 Å². The highest BCUT2D eigenvalue weighted by atomic mass is 32.2. The molecule has 0 saturated heterocycles. The molecule has 2 rings (SSSR count). The van der Waals surface area contributed by atoms with Crippen LogP contribution in [-0.4, -0.2) is 50.3 Å². The Morgan fingerprint density at radius 3 is 2.34 bits per heavy atom. The first-order valence-corrected chi connectivity index (χ1v) is 10.1. The highest BCUT2D eigenvalue weighted by Crippen LogP contribution is 2.31. The second kappa shape index (κ2) is 10.7. The van der Waals surface area contributed by atoms with Crippen molar-refractivity contribution in [2.75, 3.05) is 38.9 Å². The van der Waals surface area contributed by atoms with E-state index >= 15 is 0 Å². The molecule has 0 aliphatic heterocycles. The molecular formula is C21H25FN2O4S. The van der Waals surface area contributed by atoms with E-state index in [0.717, 1.165) is 11.1 Å². The molecule has 0 radical (unpaired) electrons. The lowest BCUT2D eigenvalue weighted by Crippen LogP contribution is -2.36. The first-order chi connectivity index (χ1) is 13.8. The van der Waals surface area contributed by atoms with Crippen molar-refractivity contribution in [1.82, 2.24) is 4.90 Å². The zero-order valence-electron chi connectivity index (χ0n) is 17.0. The number of carbonyl (C=O) groups is 2. The lowest BCUT2D eigenvalue weighted by Gasteiger charge is -2.17. The Hall–Kier alpha value is -2.74. The Morgan fingerprint density at radius 1 is 1.10 bits per heavy atom. The minimum Gasteiger partial charge on any atom is -0.493 e. The van der Waals surface area contributed by atoms with Crippen LogP contribution >= 0.6 is 11.8 Å². The molecule has 0 aliphatic carbocycles. The van der Waals surface area contributed by atoms with Crippen molar-refractivity contribution in [3.05, 3.63) is 53.3 Å². The van der Waals surface area contributed by atoms with E-state index in [4.69, 9.17) is 9.47 Å². The Kier molecular flexibility index (Phi) is 8.33. The summed E-state index contributed by atoms with van der Waals surface area (Å²) in [4.78, 5) is 25.7. The number of thioether (sulfide) groups is 1. The van der Waals surface area contributed by atoms with Crippen LogP contribution in [0.15, 0.2) is 36.4 Å². The molecule has 8 heteroatoms. The van der Waals surface area contributed by atoms with Gasteiger partial charge in [-0.2, -0.15) is 0 Å². The summed E-state index contributed by atoms with van der Waals surface area (Å²) in [6, 6.07) is 9.27. The maximum Gasteiger partial charge on any atom is 0.243 e. The molecule has 0 saturated carbocycles. The van der Waals surface area contributed by atoms with Crippen LogP contribution in [0.3, 0.4) is 0 Å². The number of methoxy groups -OCH3 is 2. The lowest BCUT2D eigenvalue weighted by atomic mass is 10.1. The van der Waals surface area contributed by atoms with Crippen molar-refractivity contribution < 1.29 is 23.5 Å². The molecule has 2 aromatic carbocycles. The van der Waals surface area contributed by atoms with E-state index in [0.29, 0.717) is 22.9 Å². The van der Waals surface area contributed by atoms with Crippen molar-refractivity contribution in [3.8, 4) is 11.5 Å². The van der Waals surface area contributed by atoms with Gasteiger partial charge in [0.15, 0.2) is 11.5 Å². The predicted molar refractivity (Wildman–Crippen MR) is 113 cm³/mol. The third kappa shape index (κ3) is 6.67. The van der Waals surface area contributed by atoms with Crippen LogP contribution in [0.1, 0.15) is 11.1 Å². The van der Waals surface area contributed by atoms with Gasteiger partial charge in [0.2, 0.25) is 11.8 Å². The Bertz CT molecular complexity index is 859. The number of benzene rings is 2. The van der Waals surface area contributed by atoms with E-state index in [1.54, 1.807) is 21.3 Å². The molecule has 0 aromatic heterocycles. The summed E-state index contributed by atoms with van der Waals surface area (Å²) in [5, 5.41) is 2.64. The number of hydrogen-bond donors (Lipinski definition) is 1. The molecule has 0 bridgehead atoms. The number of aryl methyl sites for hydroxylation is 1. The molecule has 156 valence electrons. The summed E-state index contributed by atoms with van der Waals surface area (Å²) in [6.45, 7) is 1.90. The van der Waals surface area contributed by atoms with Crippen molar-refractivity contribution >= 4 is 29.3 Å². The highest BCUT2D eigenvalue weighted by Gasteiger charge is 2.14. The smallest absolute Gasteiger partial charge is 0.243 e. The molecule has 0 unspecified atom stereocenters. The lowest BCUT2D eigenvalue weighted by molar-refractivity contribution is -0.131. The summed E-state index contributed by atoms with van der Waals surface area (Å²) < 4.78 is 23.5. The van der Waals surface area contributed by atoms with Gasteiger partial charge < -0.3 is 19.7 Å². The molecule has 0 atom stereocenters. The number of anilines is 1. The Morgan fingerprint density at radius 2 is 1.72 bits per heavy atom. The number of rotatable bonds is 9. The van der Waals surface area contributed by atoms with Crippen LogP contribution in [0.5, 0.6) is 11.5 Å². The van der Waals surface area contributed by atoms with E-state index in [1.807, 2.05) is 19.1 Å². The second-order valence-corrected chi connectivity index (χ2v) is 7.42. The fourth-order valence-electron chi connectivity index (χ4n) is 2.57. The number of likely N-dealkylation sites (N-methyl/N-ethyl adjacent to an activating group) is 1. The molecule has 1 N–H and O–H groups in total. The largest absolute Gasteiger partial charge is 0.493 e. The topological polar surface area (TPSA) is 67.9 Å². The Labute approximate surface area is 174 Å². The zero-order chi connectivity index (χ0) is 21.4. The van der Waals surface area contributed by atoms with Crippen molar-refractivity contribution in [2.24, 2.45) is 0 Å². The van der Waals surface area contributed by atoms with Gasteiger partial charge in [-0.25, -0.2) is 4.39 Å². The molecule has 6 nitrogen and oxygen atoms in total. The van der Waals surface area contributed by atoms with Gasteiger partial charge in [0.1, 0.15) is 5.82 Å². The number of nitrogens with zero attached hydrogens (tertiary/aromatic N) is 1. The molecule has 2 aromatic rings. The molecular weight excluding hydrogens is 395 g/mol. The third-order valence-electron chi connectivity index (χ3n) is 4.26. The molecule has 29 heavy (non-hydrogen) atoms. The molecule has 0 spiro atoms. The highest BCUT2D eigenvalue weighted by molar-refractivity contribution is 7.99. The van der Waals surface area contributed by atoms with Crippen LogP contribution in [-0.2, 0) is 15.3 Å². The third-order valence-corrected chi connectivity index (χ3v) is 5.23. The van der Waals surface area contributed by atoms with Crippen LogP contribution < -0.4 is 14.8 Å². The number of halogens is 1. The van der Waals surface area contributed by atoms with Crippen molar-refractivity contribution in [3.63, 3.8) is 0 Å². The standard InChI is InChI=1S/C21H25FN2O4S/c1-14-9-18(27-3)19(28-4)10-15(14)12-29-13-21(26)24(2)11-20(25)23-17-7-5-16(22)6-8-17/h5-10H,11-13H2,1-4H3,(H,23,25). The Balaban J connectivity index is 1.82.